The van der Waals surface area contributed by atoms with Crippen molar-refractivity contribution in [3.8, 4) is 5.75 Å². The molecule has 1 atom stereocenters. The van der Waals surface area contributed by atoms with E-state index in [1.54, 1.807) is 0 Å². The summed E-state index contributed by atoms with van der Waals surface area (Å²) in [6, 6.07) is 2.69. The molecule has 1 aliphatic heterocycles. The maximum absolute atomic E-state index is 13.9. The molecule has 1 aliphatic carbocycles. The van der Waals surface area contributed by atoms with Gasteiger partial charge in [-0.1, -0.05) is 0 Å². The van der Waals surface area contributed by atoms with Crippen LogP contribution < -0.4 is 10.1 Å². The Morgan fingerprint density at radius 3 is 2.81 bits per heavy atom. The highest BCUT2D eigenvalue weighted by Gasteiger charge is 2.29. The summed E-state index contributed by atoms with van der Waals surface area (Å²) in [5, 5.41) is 12.4. The van der Waals surface area contributed by atoms with Crippen molar-refractivity contribution in [1.82, 2.24) is 5.32 Å². The standard InChI is InChI=1S/C16H20FNO3/c17-14-7-15(21-9-10-2-1-5-18-8-10)12(11-3-4-11)6-13(14)16(19)20/h6-7,10-11,18H,1-5,8-9H2,(H,19,20)/t10-/m0/s1. The smallest absolute Gasteiger partial charge is 0.338 e. The van der Waals surface area contributed by atoms with Crippen molar-refractivity contribution in [2.75, 3.05) is 19.7 Å². The van der Waals surface area contributed by atoms with Gasteiger partial charge in [-0.25, -0.2) is 9.18 Å². The molecule has 21 heavy (non-hydrogen) atoms. The zero-order chi connectivity index (χ0) is 14.8. The minimum absolute atomic E-state index is 0.261. The molecule has 1 aromatic rings. The van der Waals surface area contributed by atoms with Gasteiger partial charge in [0.2, 0.25) is 0 Å². The average Bonchev–Trinajstić information content (AvgIpc) is 3.30. The van der Waals surface area contributed by atoms with Gasteiger partial charge < -0.3 is 15.2 Å². The molecule has 114 valence electrons. The van der Waals surface area contributed by atoms with E-state index in [0.29, 0.717) is 24.2 Å². The summed E-state index contributed by atoms with van der Waals surface area (Å²) in [6.45, 7) is 2.53. The van der Waals surface area contributed by atoms with Crippen molar-refractivity contribution in [1.29, 1.82) is 0 Å². The van der Waals surface area contributed by atoms with Crippen LogP contribution in [-0.2, 0) is 0 Å². The lowest BCUT2D eigenvalue weighted by molar-refractivity contribution is 0.0691. The number of halogens is 1. The van der Waals surface area contributed by atoms with Gasteiger partial charge in [0.1, 0.15) is 11.6 Å². The van der Waals surface area contributed by atoms with E-state index in [1.165, 1.54) is 12.1 Å². The molecule has 2 aliphatic rings. The van der Waals surface area contributed by atoms with E-state index in [1.807, 2.05) is 0 Å². The molecule has 2 fully saturated rings. The van der Waals surface area contributed by atoms with E-state index >= 15 is 0 Å². The Hall–Kier alpha value is -1.62. The van der Waals surface area contributed by atoms with Crippen LogP contribution in [-0.4, -0.2) is 30.8 Å². The summed E-state index contributed by atoms with van der Waals surface area (Å²) in [5.41, 5.74) is 0.584. The Kier molecular flexibility index (Phi) is 4.10. The Labute approximate surface area is 123 Å². The van der Waals surface area contributed by atoms with Gasteiger partial charge in [-0.2, -0.15) is 0 Å². The minimum Gasteiger partial charge on any atom is -0.493 e. The van der Waals surface area contributed by atoms with Gasteiger partial charge in [0.05, 0.1) is 12.2 Å². The normalized spacial score (nSPS) is 22.0. The second-order valence-corrected chi connectivity index (χ2v) is 5.97. The van der Waals surface area contributed by atoms with Crippen LogP contribution in [0.5, 0.6) is 5.75 Å². The fourth-order valence-electron chi connectivity index (χ4n) is 2.85. The van der Waals surface area contributed by atoms with Crippen molar-refractivity contribution in [3.05, 3.63) is 29.1 Å². The van der Waals surface area contributed by atoms with Gasteiger partial charge in [0.25, 0.3) is 0 Å². The van der Waals surface area contributed by atoms with Crippen molar-refractivity contribution >= 4 is 5.97 Å². The number of carboxylic acid groups (broad SMARTS) is 1. The second kappa shape index (κ2) is 6.02. The second-order valence-electron chi connectivity index (χ2n) is 5.97. The quantitative estimate of drug-likeness (QED) is 0.876. The topological polar surface area (TPSA) is 58.6 Å². The fraction of sp³-hybridized carbons (Fsp3) is 0.562. The molecule has 1 aromatic carbocycles. The number of rotatable bonds is 5. The van der Waals surface area contributed by atoms with E-state index in [4.69, 9.17) is 9.84 Å². The zero-order valence-electron chi connectivity index (χ0n) is 11.9. The summed E-state index contributed by atoms with van der Waals surface area (Å²) >= 11 is 0. The van der Waals surface area contributed by atoms with Gasteiger partial charge in [-0.15, -0.1) is 0 Å². The molecule has 3 rings (SSSR count). The number of aromatic carboxylic acids is 1. The number of benzene rings is 1. The number of carboxylic acids is 1. The molecule has 0 bridgehead atoms. The first-order chi connectivity index (χ1) is 10.1. The van der Waals surface area contributed by atoms with Gasteiger partial charge in [0, 0.05) is 18.5 Å². The molecule has 0 radical (unpaired) electrons. The van der Waals surface area contributed by atoms with Crippen LogP contribution >= 0.6 is 0 Å². The van der Waals surface area contributed by atoms with E-state index in [2.05, 4.69) is 5.32 Å². The first-order valence-electron chi connectivity index (χ1n) is 7.55. The minimum atomic E-state index is -1.22. The molecule has 0 aromatic heterocycles. The van der Waals surface area contributed by atoms with Crippen molar-refractivity contribution in [2.24, 2.45) is 5.92 Å². The van der Waals surface area contributed by atoms with Crippen LogP contribution in [0.25, 0.3) is 0 Å². The van der Waals surface area contributed by atoms with E-state index < -0.39 is 11.8 Å². The van der Waals surface area contributed by atoms with Gasteiger partial charge in [-0.05, 0) is 49.8 Å². The summed E-state index contributed by atoms with van der Waals surface area (Å²) in [5.74, 6) is -0.664. The number of carbonyl (C=O) groups is 1. The van der Waals surface area contributed by atoms with E-state index in [0.717, 1.165) is 44.3 Å². The van der Waals surface area contributed by atoms with Crippen LogP contribution in [0, 0.1) is 11.7 Å². The molecule has 0 amide bonds. The molecular formula is C16H20FNO3. The Bertz CT molecular complexity index is 537. The monoisotopic (exact) mass is 293 g/mol. The molecule has 1 heterocycles. The number of hydrogen-bond donors (Lipinski definition) is 2. The SMILES string of the molecule is O=C(O)c1cc(C2CC2)c(OC[C@H]2CCCNC2)cc1F. The Morgan fingerprint density at radius 2 is 2.19 bits per heavy atom. The lowest BCUT2D eigenvalue weighted by atomic mass is 10.0. The molecule has 1 saturated carbocycles. The summed E-state index contributed by atoms with van der Waals surface area (Å²) in [7, 11) is 0. The highest BCUT2D eigenvalue weighted by molar-refractivity contribution is 5.88. The molecule has 0 unspecified atom stereocenters. The maximum Gasteiger partial charge on any atom is 0.338 e. The van der Waals surface area contributed by atoms with Crippen LogP contribution in [0.4, 0.5) is 4.39 Å². The predicted octanol–water partition coefficient (Wildman–Crippen LogP) is 2.78. The lowest BCUT2D eigenvalue weighted by Gasteiger charge is -2.23. The van der Waals surface area contributed by atoms with Crippen molar-refractivity contribution < 1.29 is 19.0 Å². The number of hydrogen-bond acceptors (Lipinski definition) is 3. The maximum atomic E-state index is 13.9. The van der Waals surface area contributed by atoms with Crippen molar-refractivity contribution in [2.45, 2.75) is 31.6 Å². The van der Waals surface area contributed by atoms with Crippen LogP contribution in [0.3, 0.4) is 0 Å². The largest absolute Gasteiger partial charge is 0.493 e. The van der Waals surface area contributed by atoms with E-state index in [9.17, 15) is 9.18 Å². The first kappa shape index (κ1) is 14.3. The highest BCUT2D eigenvalue weighted by Crippen LogP contribution is 2.45. The first-order valence-corrected chi connectivity index (χ1v) is 7.55. The molecular weight excluding hydrogens is 273 g/mol. The van der Waals surface area contributed by atoms with E-state index in [-0.39, 0.29) is 5.56 Å². The fourth-order valence-corrected chi connectivity index (χ4v) is 2.85. The number of ether oxygens (including phenoxy) is 1. The predicted molar refractivity (Wildman–Crippen MR) is 76.4 cm³/mol. The summed E-state index contributed by atoms with van der Waals surface area (Å²) in [6.07, 6.45) is 4.29. The molecule has 5 heteroatoms. The Morgan fingerprint density at radius 1 is 1.38 bits per heavy atom. The van der Waals surface area contributed by atoms with Crippen LogP contribution in [0.1, 0.15) is 47.5 Å². The lowest BCUT2D eigenvalue weighted by Crippen LogP contribution is -2.33. The van der Waals surface area contributed by atoms with Crippen LogP contribution in [0.2, 0.25) is 0 Å². The third-order valence-corrected chi connectivity index (χ3v) is 4.22. The van der Waals surface area contributed by atoms with Crippen molar-refractivity contribution in [3.63, 3.8) is 0 Å². The van der Waals surface area contributed by atoms with Gasteiger partial charge in [0.15, 0.2) is 0 Å². The number of piperidine rings is 1. The third-order valence-electron chi connectivity index (χ3n) is 4.22. The summed E-state index contributed by atoms with van der Waals surface area (Å²) < 4.78 is 19.7. The zero-order valence-corrected chi connectivity index (χ0v) is 11.9. The molecule has 0 spiro atoms. The highest BCUT2D eigenvalue weighted by atomic mass is 19.1. The third kappa shape index (κ3) is 3.35. The van der Waals surface area contributed by atoms with Gasteiger partial charge in [-0.3, -0.25) is 0 Å². The molecule has 1 saturated heterocycles. The average molecular weight is 293 g/mol. The van der Waals surface area contributed by atoms with Crippen LogP contribution in [0.15, 0.2) is 12.1 Å². The molecule has 2 N–H and O–H groups in total. The molecule has 4 nitrogen and oxygen atoms in total. The van der Waals surface area contributed by atoms with Gasteiger partial charge >= 0.3 is 5.97 Å². The number of nitrogens with one attached hydrogen (secondary N) is 1. The summed E-state index contributed by atoms with van der Waals surface area (Å²) in [4.78, 5) is 11.0. The Balaban J connectivity index is 1.76.